The van der Waals surface area contributed by atoms with Gasteiger partial charge in [0, 0.05) is 37.3 Å². The minimum Gasteiger partial charge on any atom is -0.497 e. The Morgan fingerprint density at radius 2 is 1.83 bits per heavy atom. The van der Waals surface area contributed by atoms with E-state index in [1.54, 1.807) is 19.1 Å². The number of ether oxygens (including phenoxy) is 4. The van der Waals surface area contributed by atoms with Gasteiger partial charge >= 0.3 is 12.1 Å². The first kappa shape index (κ1) is 22.2. The van der Waals surface area contributed by atoms with E-state index in [2.05, 4.69) is 4.90 Å². The van der Waals surface area contributed by atoms with Crippen LogP contribution in [0.5, 0.6) is 11.5 Å². The zero-order valence-corrected chi connectivity index (χ0v) is 18.6. The van der Waals surface area contributed by atoms with E-state index in [9.17, 15) is 9.59 Å². The van der Waals surface area contributed by atoms with E-state index in [1.807, 2.05) is 39.0 Å². The molecule has 0 spiro atoms. The predicted octanol–water partition coefficient (Wildman–Crippen LogP) is 2.69. The van der Waals surface area contributed by atoms with Gasteiger partial charge in [0.05, 0.1) is 33.3 Å². The first-order valence-corrected chi connectivity index (χ1v) is 10.2. The van der Waals surface area contributed by atoms with Crippen molar-refractivity contribution in [3.8, 4) is 11.5 Å². The second kappa shape index (κ2) is 8.71. The highest BCUT2D eigenvalue weighted by Crippen LogP contribution is 2.38. The van der Waals surface area contributed by atoms with Gasteiger partial charge in [0.25, 0.3) is 0 Å². The number of nitrogens with zero attached hydrogens (tertiary/aromatic N) is 2. The molecule has 0 aromatic heterocycles. The molecule has 0 radical (unpaired) electrons. The summed E-state index contributed by atoms with van der Waals surface area (Å²) in [6, 6.07) is 5.36. The molecule has 2 saturated heterocycles. The van der Waals surface area contributed by atoms with Crippen LogP contribution in [-0.2, 0) is 20.8 Å². The molecule has 3 rings (SSSR count). The van der Waals surface area contributed by atoms with E-state index in [0.29, 0.717) is 26.1 Å². The zero-order valence-electron chi connectivity index (χ0n) is 18.6. The highest BCUT2D eigenvalue weighted by atomic mass is 16.6. The summed E-state index contributed by atoms with van der Waals surface area (Å²) in [5.74, 6) is 0.854. The number of fused-ring (bicyclic) bond motifs is 2. The number of piperazine rings is 1. The van der Waals surface area contributed by atoms with Crippen LogP contribution < -0.4 is 9.47 Å². The number of hydrogen-bond donors (Lipinski definition) is 0. The van der Waals surface area contributed by atoms with Gasteiger partial charge in [0.15, 0.2) is 0 Å². The molecule has 3 atom stereocenters. The molecule has 1 aromatic rings. The van der Waals surface area contributed by atoms with Gasteiger partial charge in [-0.3, -0.25) is 14.6 Å². The lowest BCUT2D eigenvalue weighted by molar-refractivity contribution is -0.146. The lowest BCUT2D eigenvalue weighted by Crippen LogP contribution is -2.57. The van der Waals surface area contributed by atoms with Crippen molar-refractivity contribution < 1.29 is 28.5 Å². The van der Waals surface area contributed by atoms with Crippen LogP contribution in [0.4, 0.5) is 4.79 Å². The molecule has 0 N–H and O–H groups in total. The van der Waals surface area contributed by atoms with Crippen LogP contribution >= 0.6 is 0 Å². The van der Waals surface area contributed by atoms with Crippen molar-refractivity contribution in [1.29, 1.82) is 0 Å². The van der Waals surface area contributed by atoms with Gasteiger partial charge in [0.1, 0.15) is 17.1 Å². The number of likely N-dealkylation sites (tertiary alicyclic amines) is 1. The van der Waals surface area contributed by atoms with Crippen LogP contribution in [0.1, 0.15) is 32.8 Å². The summed E-state index contributed by atoms with van der Waals surface area (Å²) in [6.07, 6.45) is 0.206. The number of carbonyl (C=O) groups excluding carboxylic acids is 2. The molecule has 1 amide bonds. The van der Waals surface area contributed by atoms with Crippen LogP contribution in [0.25, 0.3) is 0 Å². The lowest BCUT2D eigenvalue weighted by Gasteiger charge is -2.41. The van der Waals surface area contributed by atoms with E-state index >= 15 is 0 Å². The first-order chi connectivity index (χ1) is 14.2. The summed E-state index contributed by atoms with van der Waals surface area (Å²) in [4.78, 5) is 29.3. The Kier molecular flexibility index (Phi) is 6.45. The molecule has 2 fully saturated rings. The summed E-state index contributed by atoms with van der Waals surface area (Å²) in [5.41, 5.74) is 0.434. The fourth-order valence-electron chi connectivity index (χ4n) is 4.40. The monoisotopic (exact) mass is 420 g/mol. The maximum atomic E-state index is 12.9. The number of rotatable bonds is 5. The van der Waals surface area contributed by atoms with Crippen LogP contribution in [0.3, 0.4) is 0 Å². The summed E-state index contributed by atoms with van der Waals surface area (Å²) < 4.78 is 21.4. The van der Waals surface area contributed by atoms with Crippen molar-refractivity contribution in [3.05, 3.63) is 23.8 Å². The summed E-state index contributed by atoms with van der Waals surface area (Å²) in [5, 5.41) is 0. The minimum atomic E-state index is -0.592. The Hall–Kier alpha value is -2.48. The maximum absolute atomic E-state index is 12.9. The molecule has 0 aliphatic carbocycles. The van der Waals surface area contributed by atoms with Gasteiger partial charge in [-0.25, -0.2) is 4.79 Å². The van der Waals surface area contributed by atoms with E-state index in [-0.39, 0.29) is 30.1 Å². The SMILES string of the molecule is COC(=O)[C@H]1C[C@H]2CN(Cc3ccc(OC)cc3OC)C[C@@H]1N2C(=O)OC(C)(C)C. The van der Waals surface area contributed by atoms with E-state index in [4.69, 9.17) is 18.9 Å². The maximum Gasteiger partial charge on any atom is 0.410 e. The van der Waals surface area contributed by atoms with Crippen molar-refractivity contribution in [3.63, 3.8) is 0 Å². The average Bonchev–Trinajstić information content (AvgIpc) is 2.94. The van der Waals surface area contributed by atoms with Gasteiger partial charge in [-0.1, -0.05) is 6.07 Å². The zero-order chi connectivity index (χ0) is 22.1. The Balaban J connectivity index is 1.80. The lowest BCUT2D eigenvalue weighted by atomic mass is 10.0. The van der Waals surface area contributed by atoms with Gasteiger partial charge < -0.3 is 18.9 Å². The number of benzene rings is 1. The van der Waals surface area contributed by atoms with Crippen LogP contribution in [0.15, 0.2) is 18.2 Å². The predicted molar refractivity (Wildman–Crippen MR) is 111 cm³/mol. The Morgan fingerprint density at radius 3 is 2.43 bits per heavy atom. The Labute approximate surface area is 178 Å². The second-order valence-corrected chi connectivity index (χ2v) is 8.85. The summed E-state index contributed by atoms with van der Waals surface area (Å²) in [6.45, 7) is 7.39. The fourth-order valence-corrected chi connectivity index (χ4v) is 4.40. The largest absolute Gasteiger partial charge is 0.497 e. The van der Waals surface area contributed by atoms with Crippen LogP contribution in [-0.4, -0.2) is 74.0 Å². The van der Waals surface area contributed by atoms with E-state index in [1.165, 1.54) is 7.11 Å². The minimum absolute atomic E-state index is 0.105. The molecule has 8 nitrogen and oxygen atoms in total. The first-order valence-electron chi connectivity index (χ1n) is 10.2. The quantitative estimate of drug-likeness (QED) is 0.678. The highest BCUT2D eigenvalue weighted by Gasteiger charge is 2.52. The van der Waals surface area contributed by atoms with Gasteiger partial charge in [-0.2, -0.15) is 0 Å². The third kappa shape index (κ3) is 4.64. The molecule has 1 aromatic carbocycles. The third-order valence-electron chi connectivity index (χ3n) is 5.65. The van der Waals surface area contributed by atoms with E-state index < -0.39 is 5.60 Å². The molecule has 2 heterocycles. The molecule has 0 saturated carbocycles. The number of carbonyl (C=O) groups is 2. The molecule has 166 valence electrons. The summed E-state index contributed by atoms with van der Waals surface area (Å²) >= 11 is 0. The van der Waals surface area contributed by atoms with Gasteiger partial charge in [0.2, 0.25) is 0 Å². The number of amides is 1. The van der Waals surface area contributed by atoms with Crippen molar-refractivity contribution in [2.75, 3.05) is 34.4 Å². The second-order valence-electron chi connectivity index (χ2n) is 8.85. The van der Waals surface area contributed by atoms with Crippen molar-refractivity contribution in [2.45, 2.75) is 51.4 Å². The number of methoxy groups -OCH3 is 3. The molecule has 0 unspecified atom stereocenters. The molecule has 2 aliphatic rings. The van der Waals surface area contributed by atoms with Gasteiger partial charge in [-0.05, 0) is 33.3 Å². The molecule has 2 bridgehead atoms. The Bertz CT molecular complexity index is 790. The topological polar surface area (TPSA) is 77.5 Å². The Morgan fingerprint density at radius 1 is 1.10 bits per heavy atom. The normalized spacial score (nSPS) is 23.8. The van der Waals surface area contributed by atoms with Crippen LogP contribution in [0.2, 0.25) is 0 Å². The summed E-state index contributed by atoms with van der Waals surface area (Å²) in [7, 11) is 4.65. The highest BCUT2D eigenvalue weighted by molar-refractivity contribution is 5.77. The number of esters is 1. The van der Waals surface area contributed by atoms with Crippen molar-refractivity contribution in [1.82, 2.24) is 9.80 Å². The van der Waals surface area contributed by atoms with Crippen molar-refractivity contribution >= 4 is 12.1 Å². The molecular weight excluding hydrogens is 388 g/mol. The smallest absolute Gasteiger partial charge is 0.410 e. The number of hydrogen-bond acceptors (Lipinski definition) is 7. The van der Waals surface area contributed by atoms with Crippen molar-refractivity contribution in [2.24, 2.45) is 5.92 Å². The van der Waals surface area contributed by atoms with E-state index in [0.717, 1.165) is 17.1 Å². The molecule has 30 heavy (non-hydrogen) atoms. The average molecular weight is 421 g/mol. The fraction of sp³-hybridized carbons (Fsp3) is 0.636. The molecule has 2 aliphatic heterocycles. The molecular formula is C22H32N2O6. The molecule has 8 heteroatoms. The van der Waals surface area contributed by atoms with Crippen LogP contribution in [0, 0.1) is 5.92 Å². The van der Waals surface area contributed by atoms with Gasteiger partial charge in [-0.15, -0.1) is 0 Å². The third-order valence-corrected chi connectivity index (χ3v) is 5.65. The standard InChI is InChI=1S/C22H32N2O6/c1-22(2,3)30-21(26)24-15-9-17(20(25)29-6)18(24)13-23(12-15)11-14-7-8-16(27-4)10-19(14)28-5/h7-8,10,15,17-18H,9,11-13H2,1-6H3/t15-,17-,18-/m0/s1.